The average molecular weight is 440 g/mol. The van der Waals surface area contributed by atoms with Crippen LogP contribution in [-0.2, 0) is 11.2 Å². The zero-order valence-electron chi connectivity index (χ0n) is 15.7. The monoisotopic (exact) mass is 439 g/mol. The van der Waals surface area contributed by atoms with Gasteiger partial charge in [-0.15, -0.1) is 0 Å². The van der Waals surface area contributed by atoms with E-state index in [1.807, 2.05) is 13.0 Å². The molecule has 1 saturated heterocycles. The highest BCUT2D eigenvalue weighted by atomic mass is 35.5. The van der Waals surface area contributed by atoms with Crippen LogP contribution in [-0.4, -0.2) is 52.4 Å². The van der Waals surface area contributed by atoms with E-state index in [1.165, 1.54) is 11.0 Å². The van der Waals surface area contributed by atoms with Crippen molar-refractivity contribution in [3.8, 4) is 0 Å². The van der Waals surface area contributed by atoms with Crippen LogP contribution in [0.3, 0.4) is 0 Å². The first kappa shape index (κ1) is 21.1. The van der Waals surface area contributed by atoms with Crippen molar-refractivity contribution in [2.45, 2.75) is 19.4 Å². The molecule has 1 fully saturated rings. The Hall–Kier alpha value is -2.58. The number of likely N-dealkylation sites (N-methyl/N-ethyl adjacent to an activating group) is 1. The van der Waals surface area contributed by atoms with Gasteiger partial charge in [0, 0.05) is 23.1 Å². The molecule has 7 nitrogen and oxygen atoms in total. The number of nitrogens with zero attached hydrogens (tertiary/aromatic N) is 3. The number of nitrogens with one attached hydrogen (secondary N) is 1. The lowest BCUT2D eigenvalue weighted by Gasteiger charge is -2.21. The fourth-order valence-corrected chi connectivity index (χ4v) is 3.79. The standard InChI is InChI=1S/C19H20Cl2FN5O2/c1-2-27-13(7-11-3-4-12(20)8-14(11)21)9-26(19(27)29)10-17(28)25-18-15(23)5-6-16(22)24-18/h3-6,8,13H,2,7,9-10,23H2,1H3,(H,24,25,28). The van der Waals surface area contributed by atoms with Gasteiger partial charge in [-0.3, -0.25) is 4.79 Å². The summed E-state index contributed by atoms with van der Waals surface area (Å²) in [6.45, 7) is 2.52. The van der Waals surface area contributed by atoms with Crippen LogP contribution < -0.4 is 11.1 Å². The maximum absolute atomic E-state index is 13.3. The molecular formula is C19H20Cl2FN5O2. The third kappa shape index (κ3) is 4.89. The molecule has 2 aromatic rings. The second-order valence-electron chi connectivity index (χ2n) is 6.66. The van der Waals surface area contributed by atoms with Crippen LogP contribution in [0.5, 0.6) is 0 Å². The van der Waals surface area contributed by atoms with Gasteiger partial charge in [-0.05, 0) is 43.2 Å². The minimum atomic E-state index is -0.760. The highest BCUT2D eigenvalue weighted by Crippen LogP contribution is 2.26. The molecule has 2 heterocycles. The lowest BCUT2D eigenvalue weighted by Crippen LogP contribution is -2.38. The Morgan fingerprint density at radius 2 is 2.10 bits per heavy atom. The number of hydrogen-bond acceptors (Lipinski definition) is 4. The molecule has 3 N–H and O–H groups in total. The summed E-state index contributed by atoms with van der Waals surface area (Å²) in [6.07, 6.45) is 0.534. The minimum absolute atomic E-state index is 0.0708. The largest absolute Gasteiger partial charge is 0.396 e. The van der Waals surface area contributed by atoms with Gasteiger partial charge < -0.3 is 20.9 Å². The fourth-order valence-electron chi connectivity index (χ4n) is 3.30. The molecule has 1 aliphatic rings. The number of urea groups is 1. The van der Waals surface area contributed by atoms with E-state index in [4.69, 9.17) is 28.9 Å². The molecule has 0 saturated carbocycles. The first-order chi connectivity index (χ1) is 13.8. The Labute approximate surface area is 177 Å². The molecule has 154 valence electrons. The van der Waals surface area contributed by atoms with Crippen LogP contribution in [0.1, 0.15) is 12.5 Å². The van der Waals surface area contributed by atoms with Crippen LogP contribution in [0.15, 0.2) is 30.3 Å². The van der Waals surface area contributed by atoms with Crippen molar-refractivity contribution < 1.29 is 14.0 Å². The van der Waals surface area contributed by atoms with Gasteiger partial charge in [0.2, 0.25) is 11.9 Å². The maximum atomic E-state index is 13.3. The molecule has 1 unspecified atom stereocenters. The Kier molecular flexibility index (Phi) is 6.44. The fraction of sp³-hybridized carbons (Fsp3) is 0.316. The quantitative estimate of drug-likeness (QED) is 0.674. The number of nitrogens with two attached hydrogens (primary N) is 1. The van der Waals surface area contributed by atoms with Crippen molar-refractivity contribution in [1.29, 1.82) is 0 Å². The Morgan fingerprint density at radius 3 is 2.79 bits per heavy atom. The summed E-state index contributed by atoms with van der Waals surface area (Å²) in [5.41, 5.74) is 6.70. The minimum Gasteiger partial charge on any atom is -0.396 e. The number of hydrogen-bond donors (Lipinski definition) is 2. The third-order valence-corrected chi connectivity index (χ3v) is 5.27. The van der Waals surface area contributed by atoms with Gasteiger partial charge in [-0.2, -0.15) is 9.37 Å². The third-order valence-electron chi connectivity index (χ3n) is 4.68. The van der Waals surface area contributed by atoms with Crippen molar-refractivity contribution in [3.05, 3.63) is 51.9 Å². The van der Waals surface area contributed by atoms with E-state index in [1.54, 1.807) is 17.0 Å². The van der Waals surface area contributed by atoms with Crippen molar-refractivity contribution >= 4 is 46.6 Å². The molecule has 0 spiro atoms. The molecule has 1 aliphatic heterocycles. The van der Waals surface area contributed by atoms with Crippen molar-refractivity contribution in [2.75, 3.05) is 30.7 Å². The molecule has 10 heteroatoms. The van der Waals surface area contributed by atoms with Crippen molar-refractivity contribution in [1.82, 2.24) is 14.8 Å². The SMILES string of the molecule is CCN1C(=O)N(CC(=O)Nc2nc(F)ccc2N)CC1Cc1ccc(Cl)cc1Cl. The molecule has 1 atom stereocenters. The second kappa shape index (κ2) is 8.84. The summed E-state index contributed by atoms with van der Waals surface area (Å²) < 4.78 is 13.3. The number of amides is 3. The number of rotatable bonds is 6. The van der Waals surface area contributed by atoms with E-state index in [0.717, 1.165) is 11.6 Å². The number of anilines is 2. The van der Waals surface area contributed by atoms with Crippen LogP contribution in [0, 0.1) is 5.95 Å². The molecule has 0 radical (unpaired) electrons. The number of nitrogen functional groups attached to an aromatic ring is 1. The molecule has 0 aliphatic carbocycles. The van der Waals surface area contributed by atoms with E-state index in [-0.39, 0.29) is 30.1 Å². The van der Waals surface area contributed by atoms with Gasteiger partial charge in [0.25, 0.3) is 0 Å². The van der Waals surface area contributed by atoms with Gasteiger partial charge in [0.15, 0.2) is 5.82 Å². The summed E-state index contributed by atoms with van der Waals surface area (Å²) in [7, 11) is 0. The summed E-state index contributed by atoms with van der Waals surface area (Å²) >= 11 is 12.2. The molecule has 3 amide bonds. The topological polar surface area (TPSA) is 91.6 Å². The van der Waals surface area contributed by atoms with Crippen molar-refractivity contribution in [3.63, 3.8) is 0 Å². The Bertz CT molecular complexity index is 943. The number of carbonyl (C=O) groups excluding carboxylic acids is 2. The lowest BCUT2D eigenvalue weighted by atomic mass is 10.1. The van der Waals surface area contributed by atoms with Gasteiger partial charge in [0.1, 0.15) is 6.54 Å². The Morgan fingerprint density at radius 1 is 1.34 bits per heavy atom. The Balaban J connectivity index is 1.68. The number of halogens is 3. The van der Waals surface area contributed by atoms with E-state index in [9.17, 15) is 14.0 Å². The number of aromatic nitrogens is 1. The van der Waals surface area contributed by atoms with E-state index >= 15 is 0 Å². The normalized spacial score (nSPS) is 16.4. The predicted molar refractivity (Wildman–Crippen MR) is 111 cm³/mol. The molecule has 3 rings (SSSR count). The average Bonchev–Trinajstić information content (AvgIpc) is 2.95. The summed E-state index contributed by atoms with van der Waals surface area (Å²) in [4.78, 5) is 31.7. The van der Waals surface area contributed by atoms with E-state index in [2.05, 4.69) is 10.3 Å². The van der Waals surface area contributed by atoms with Crippen LogP contribution in [0.4, 0.5) is 20.7 Å². The molecule has 1 aromatic heterocycles. The van der Waals surface area contributed by atoms with Gasteiger partial charge >= 0.3 is 6.03 Å². The first-order valence-electron chi connectivity index (χ1n) is 8.99. The summed E-state index contributed by atoms with van der Waals surface area (Å²) in [5.74, 6) is -1.34. The number of pyridine rings is 1. The number of benzene rings is 1. The van der Waals surface area contributed by atoms with Gasteiger partial charge in [-0.1, -0.05) is 29.3 Å². The summed E-state index contributed by atoms with van der Waals surface area (Å²) in [5, 5.41) is 3.52. The van der Waals surface area contributed by atoms with Gasteiger partial charge in [-0.25, -0.2) is 4.79 Å². The highest BCUT2D eigenvalue weighted by Gasteiger charge is 2.37. The maximum Gasteiger partial charge on any atom is 0.320 e. The molecule has 0 bridgehead atoms. The molecule has 29 heavy (non-hydrogen) atoms. The molecule has 1 aromatic carbocycles. The smallest absolute Gasteiger partial charge is 0.320 e. The van der Waals surface area contributed by atoms with E-state index < -0.39 is 11.9 Å². The van der Waals surface area contributed by atoms with Crippen LogP contribution >= 0.6 is 23.2 Å². The zero-order chi connectivity index (χ0) is 21.1. The van der Waals surface area contributed by atoms with Crippen LogP contribution in [0.2, 0.25) is 10.0 Å². The number of carbonyl (C=O) groups is 2. The predicted octanol–water partition coefficient (Wildman–Crippen LogP) is 3.42. The van der Waals surface area contributed by atoms with E-state index in [0.29, 0.717) is 29.6 Å². The van der Waals surface area contributed by atoms with Crippen molar-refractivity contribution in [2.24, 2.45) is 0 Å². The second-order valence-corrected chi connectivity index (χ2v) is 7.51. The van der Waals surface area contributed by atoms with Gasteiger partial charge in [0.05, 0.1) is 11.7 Å². The van der Waals surface area contributed by atoms with Crippen LogP contribution in [0.25, 0.3) is 0 Å². The first-order valence-corrected chi connectivity index (χ1v) is 9.75. The lowest BCUT2D eigenvalue weighted by molar-refractivity contribution is -0.116. The summed E-state index contributed by atoms with van der Waals surface area (Å²) in [6, 6.07) is 7.25. The molecular weight excluding hydrogens is 420 g/mol. The zero-order valence-corrected chi connectivity index (χ0v) is 17.2. The highest BCUT2D eigenvalue weighted by molar-refractivity contribution is 6.35.